The molecule has 8 heteroatoms. The first kappa shape index (κ1) is 12.7. The van der Waals surface area contributed by atoms with Crippen molar-refractivity contribution in [2.24, 2.45) is 0 Å². The Bertz CT molecular complexity index is 198. The Hall–Kier alpha value is -0.260. The number of halogens is 3. The molecule has 0 amide bonds. The topological polar surface area (TPSA) is 69.4 Å². The number of nitrogens with zero attached hydrogens (tertiary/aromatic N) is 1. The van der Waals surface area contributed by atoms with E-state index in [0.29, 0.717) is 0 Å². The number of hydrogen-bond acceptors (Lipinski definition) is 4. The van der Waals surface area contributed by atoms with E-state index in [2.05, 4.69) is 4.74 Å². The summed E-state index contributed by atoms with van der Waals surface area (Å²) in [5.74, 6) is -0.738. The molecular formula is C5H6Cl3NO4. The van der Waals surface area contributed by atoms with Gasteiger partial charge >= 0.3 is 5.97 Å². The fourth-order valence-electron chi connectivity index (χ4n) is 0.543. The van der Waals surface area contributed by atoms with Crippen LogP contribution in [0.1, 0.15) is 6.92 Å². The van der Waals surface area contributed by atoms with Crippen molar-refractivity contribution in [3.8, 4) is 0 Å². The molecule has 0 rings (SSSR count). The number of esters is 1. The summed E-state index contributed by atoms with van der Waals surface area (Å²) < 4.78 is 2.46. The van der Waals surface area contributed by atoms with Gasteiger partial charge in [-0.25, -0.2) is 0 Å². The normalized spacial score (nSPS) is 13.5. The van der Waals surface area contributed by atoms with Crippen LogP contribution in [0.5, 0.6) is 0 Å². The lowest BCUT2D eigenvalue weighted by atomic mass is 10.4. The second-order valence-electron chi connectivity index (χ2n) is 2.15. The van der Waals surface area contributed by atoms with Gasteiger partial charge in [0.1, 0.15) is 0 Å². The zero-order valence-corrected chi connectivity index (χ0v) is 8.77. The van der Waals surface area contributed by atoms with Crippen molar-refractivity contribution in [1.29, 1.82) is 0 Å². The maximum absolute atomic E-state index is 10.5. The molecule has 0 N–H and O–H groups in total. The quantitative estimate of drug-likeness (QED) is 0.330. The molecule has 0 aliphatic carbocycles. The summed E-state index contributed by atoms with van der Waals surface area (Å²) in [5.41, 5.74) is 0. The van der Waals surface area contributed by atoms with Crippen LogP contribution in [0.25, 0.3) is 0 Å². The standard InChI is InChI=1S/C5H6Cl3NO4/c1-3(10)13-4(2-9(11)12)5(6,7)8/h4H,2H2,1H3/t4-/m1/s1. The Kier molecular flexibility index (Phi) is 4.74. The molecule has 0 fully saturated rings. The summed E-state index contributed by atoms with van der Waals surface area (Å²) in [6.45, 7) is 0.333. The van der Waals surface area contributed by atoms with Crippen LogP contribution in [0, 0.1) is 10.1 Å². The van der Waals surface area contributed by atoms with Gasteiger partial charge in [-0.3, -0.25) is 14.9 Å². The minimum Gasteiger partial charge on any atom is -0.451 e. The number of rotatable bonds is 3. The van der Waals surface area contributed by atoms with E-state index in [-0.39, 0.29) is 0 Å². The van der Waals surface area contributed by atoms with E-state index in [1.807, 2.05) is 0 Å². The number of carbonyl (C=O) groups is 1. The second kappa shape index (κ2) is 4.83. The molecule has 13 heavy (non-hydrogen) atoms. The SMILES string of the molecule is CC(=O)O[C@H](C[N+](=O)[O-])C(Cl)(Cl)Cl. The zero-order valence-electron chi connectivity index (χ0n) is 6.50. The number of alkyl halides is 3. The first-order valence-electron chi connectivity index (χ1n) is 3.09. The Balaban J connectivity index is 4.37. The molecule has 0 saturated heterocycles. The van der Waals surface area contributed by atoms with Gasteiger partial charge in [0.2, 0.25) is 16.4 Å². The Morgan fingerprint density at radius 2 is 2.08 bits per heavy atom. The summed E-state index contributed by atoms with van der Waals surface area (Å²) in [7, 11) is 0. The Morgan fingerprint density at radius 3 is 2.31 bits per heavy atom. The third-order valence-corrected chi connectivity index (χ3v) is 1.72. The van der Waals surface area contributed by atoms with Gasteiger partial charge in [-0.15, -0.1) is 0 Å². The number of nitro groups is 1. The molecule has 0 spiro atoms. The highest BCUT2D eigenvalue weighted by molar-refractivity contribution is 6.68. The first-order chi connectivity index (χ1) is 5.73. The summed E-state index contributed by atoms with van der Waals surface area (Å²) >= 11 is 16.0. The number of carbonyl (C=O) groups excluding carboxylic acids is 1. The van der Waals surface area contributed by atoms with E-state index >= 15 is 0 Å². The Morgan fingerprint density at radius 1 is 1.62 bits per heavy atom. The van der Waals surface area contributed by atoms with Crippen LogP contribution in [0.3, 0.4) is 0 Å². The molecule has 0 aromatic carbocycles. The van der Waals surface area contributed by atoms with E-state index in [1.165, 1.54) is 0 Å². The maximum Gasteiger partial charge on any atom is 0.303 e. The van der Waals surface area contributed by atoms with Crippen LogP contribution in [-0.2, 0) is 9.53 Å². The molecule has 76 valence electrons. The average Bonchev–Trinajstić information content (AvgIpc) is 1.81. The van der Waals surface area contributed by atoms with Crippen molar-refractivity contribution >= 4 is 40.8 Å². The van der Waals surface area contributed by atoms with E-state index in [9.17, 15) is 14.9 Å². The molecule has 0 bridgehead atoms. The molecule has 0 aromatic heterocycles. The lowest BCUT2D eigenvalue weighted by molar-refractivity contribution is -0.489. The largest absolute Gasteiger partial charge is 0.451 e. The van der Waals surface area contributed by atoms with Gasteiger partial charge in [0, 0.05) is 11.8 Å². The molecule has 0 saturated carbocycles. The molecule has 0 heterocycles. The molecule has 0 aliphatic rings. The molecule has 0 aromatic rings. The second-order valence-corrected chi connectivity index (χ2v) is 4.52. The van der Waals surface area contributed by atoms with E-state index < -0.39 is 27.3 Å². The van der Waals surface area contributed by atoms with Crippen LogP contribution in [0.4, 0.5) is 0 Å². The van der Waals surface area contributed by atoms with E-state index in [4.69, 9.17) is 34.8 Å². The van der Waals surface area contributed by atoms with Crippen LogP contribution in [0.2, 0.25) is 0 Å². The summed E-state index contributed by atoms with van der Waals surface area (Å²) in [4.78, 5) is 19.8. The smallest absolute Gasteiger partial charge is 0.303 e. The van der Waals surface area contributed by atoms with Crippen LogP contribution in [0.15, 0.2) is 0 Å². The van der Waals surface area contributed by atoms with Gasteiger partial charge in [-0.1, -0.05) is 34.8 Å². The fourth-order valence-corrected chi connectivity index (χ4v) is 0.884. The highest BCUT2D eigenvalue weighted by Gasteiger charge is 2.39. The van der Waals surface area contributed by atoms with Gasteiger partial charge in [0.15, 0.2) is 0 Å². The molecule has 0 radical (unpaired) electrons. The van der Waals surface area contributed by atoms with Crippen molar-refractivity contribution in [3.63, 3.8) is 0 Å². The lowest BCUT2D eigenvalue weighted by Gasteiger charge is -2.19. The zero-order chi connectivity index (χ0) is 10.6. The van der Waals surface area contributed by atoms with Crippen molar-refractivity contribution in [2.75, 3.05) is 6.54 Å². The molecule has 0 aliphatic heterocycles. The number of ether oxygens (including phenoxy) is 1. The summed E-state index contributed by atoms with van der Waals surface area (Å²) in [6, 6.07) is 0. The Labute approximate surface area is 89.0 Å². The van der Waals surface area contributed by atoms with Gasteiger partial charge in [0.25, 0.3) is 0 Å². The lowest BCUT2D eigenvalue weighted by Crippen LogP contribution is -2.36. The minimum atomic E-state index is -1.99. The minimum absolute atomic E-state index is 0.727. The monoisotopic (exact) mass is 249 g/mol. The van der Waals surface area contributed by atoms with Crippen LogP contribution >= 0.6 is 34.8 Å². The van der Waals surface area contributed by atoms with E-state index in [1.54, 1.807) is 0 Å². The molecule has 0 unspecified atom stereocenters. The molecular weight excluding hydrogens is 244 g/mol. The predicted octanol–water partition coefficient (Wildman–Crippen LogP) is 1.56. The number of hydrogen-bond donors (Lipinski definition) is 0. The molecule has 5 nitrogen and oxygen atoms in total. The highest BCUT2D eigenvalue weighted by atomic mass is 35.6. The fraction of sp³-hybridized carbons (Fsp3) is 0.800. The average molecular weight is 250 g/mol. The maximum atomic E-state index is 10.5. The van der Waals surface area contributed by atoms with Crippen molar-refractivity contribution in [3.05, 3.63) is 10.1 Å². The van der Waals surface area contributed by atoms with E-state index in [0.717, 1.165) is 6.92 Å². The summed E-state index contributed by atoms with van der Waals surface area (Å²) in [5, 5.41) is 10.1. The summed E-state index contributed by atoms with van der Waals surface area (Å²) in [6.07, 6.45) is -1.37. The van der Waals surface area contributed by atoms with Crippen molar-refractivity contribution < 1.29 is 14.5 Å². The van der Waals surface area contributed by atoms with Gasteiger partial charge in [-0.2, -0.15) is 0 Å². The highest BCUT2D eigenvalue weighted by Crippen LogP contribution is 2.32. The van der Waals surface area contributed by atoms with Crippen molar-refractivity contribution in [2.45, 2.75) is 16.8 Å². The van der Waals surface area contributed by atoms with Crippen LogP contribution in [-0.4, -0.2) is 27.3 Å². The predicted molar refractivity (Wildman–Crippen MR) is 47.7 cm³/mol. The third-order valence-electron chi connectivity index (χ3n) is 0.988. The van der Waals surface area contributed by atoms with Crippen LogP contribution < -0.4 is 0 Å². The molecule has 1 atom stereocenters. The van der Waals surface area contributed by atoms with Gasteiger partial charge in [-0.05, 0) is 0 Å². The third kappa shape index (κ3) is 5.90. The first-order valence-corrected chi connectivity index (χ1v) is 4.22. The van der Waals surface area contributed by atoms with Crippen molar-refractivity contribution in [1.82, 2.24) is 0 Å². The van der Waals surface area contributed by atoms with Gasteiger partial charge < -0.3 is 4.74 Å². The van der Waals surface area contributed by atoms with Gasteiger partial charge in [0.05, 0.1) is 0 Å².